The number of likely N-dealkylation sites (N-methyl/N-ethyl adjacent to an activating group) is 1. The van der Waals surface area contributed by atoms with Gasteiger partial charge in [-0.1, -0.05) is 30.3 Å². The number of hydrogen-bond acceptors (Lipinski definition) is 7. The van der Waals surface area contributed by atoms with Crippen molar-refractivity contribution in [2.75, 3.05) is 18.5 Å². The Morgan fingerprint density at radius 3 is 2.54 bits per heavy atom. The van der Waals surface area contributed by atoms with Gasteiger partial charge in [-0.05, 0) is 57.2 Å². The molecule has 5 rings (SSSR count). The van der Waals surface area contributed by atoms with Crippen molar-refractivity contribution in [1.29, 1.82) is 5.26 Å². The number of fused-ring (bicyclic) bond motifs is 2. The highest BCUT2D eigenvalue weighted by Crippen LogP contribution is 2.35. The molecule has 3 N–H and O–H groups in total. The first-order valence-corrected chi connectivity index (χ1v) is 14.7. The standard InChI is InChI=1S/C33H33N7O6/c1-5-35-31(42)21-14-15-25(22(16-21)17-34)40-26-11-7-6-10-23(26)24(37-40)18-39-27-12-8-9-13-28(27)46-20(3)29(32(39)43)36-30(41)19(2)38(4)33(44)45/h6-16,19-20,29H,5,18H2,1-4H3,(H,35,42)(H,36,41)(H,44,45)/t19?,20-,29-/m0/s1. The molecule has 4 amide bonds. The number of hydrogen-bond donors (Lipinski definition) is 3. The summed E-state index contributed by atoms with van der Waals surface area (Å²) in [6, 6.07) is 19.1. The Bertz CT molecular complexity index is 1880. The highest BCUT2D eigenvalue weighted by Gasteiger charge is 2.39. The number of nitrogens with one attached hydrogen (secondary N) is 2. The third kappa shape index (κ3) is 5.92. The molecule has 1 aliphatic heterocycles. The van der Waals surface area contributed by atoms with Gasteiger partial charge in [0.15, 0.2) is 0 Å². The molecule has 0 saturated carbocycles. The Morgan fingerprint density at radius 2 is 1.83 bits per heavy atom. The van der Waals surface area contributed by atoms with Crippen LogP contribution < -0.4 is 20.3 Å². The molecule has 3 atom stereocenters. The van der Waals surface area contributed by atoms with Crippen molar-refractivity contribution in [1.82, 2.24) is 25.3 Å². The minimum atomic E-state index is -1.28. The van der Waals surface area contributed by atoms with E-state index in [1.54, 1.807) is 48.0 Å². The first-order chi connectivity index (χ1) is 22.0. The normalized spacial score (nSPS) is 16.4. The number of amides is 4. The summed E-state index contributed by atoms with van der Waals surface area (Å²) in [5.74, 6) is -0.998. The van der Waals surface area contributed by atoms with Crippen LogP contribution in [0.3, 0.4) is 0 Å². The van der Waals surface area contributed by atoms with Crippen molar-refractivity contribution >= 4 is 40.4 Å². The summed E-state index contributed by atoms with van der Waals surface area (Å²) >= 11 is 0. The van der Waals surface area contributed by atoms with Gasteiger partial charge in [-0.2, -0.15) is 10.4 Å². The second-order valence-corrected chi connectivity index (χ2v) is 10.8. The SMILES string of the molecule is CCNC(=O)c1ccc(-n2nc(CN3C(=O)[C@@H](NC(=O)C(C)N(C)C(=O)O)[C@H](C)Oc4ccccc43)c3ccccc32)c(C#N)c1. The number of carboxylic acid groups (broad SMARTS) is 1. The Hall–Kier alpha value is -5.90. The summed E-state index contributed by atoms with van der Waals surface area (Å²) in [6.45, 7) is 5.33. The summed E-state index contributed by atoms with van der Waals surface area (Å²) in [5.41, 5.74) is 2.69. The summed E-state index contributed by atoms with van der Waals surface area (Å²) < 4.78 is 7.75. The van der Waals surface area contributed by atoms with E-state index in [2.05, 4.69) is 16.7 Å². The second kappa shape index (κ2) is 13.0. The lowest BCUT2D eigenvalue weighted by Crippen LogP contribution is -2.57. The molecule has 2 heterocycles. The van der Waals surface area contributed by atoms with Crippen LogP contribution in [0.25, 0.3) is 16.6 Å². The van der Waals surface area contributed by atoms with Crippen LogP contribution in [-0.4, -0.2) is 75.4 Å². The predicted octanol–water partition coefficient (Wildman–Crippen LogP) is 3.44. The van der Waals surface area contributed by atoms with Gasteiger partial charge < -0.3 is 25.4 Å². The van der Waals surface area contributed by atoms with E-state index in [4.69, 9.17) is 9.84 Å². The number of nitriles is 1. The Morgan fingerprint density at radius 1 is 1.11 bits per heavy atom. The third-order valence-electron chi connectivity index (χ3n) is 7.95. The monoisotopic (exact) mass is 623 g/mol. The van der Waals surface area contributed by atoms with Gasteiger partial charge in [0.2, 0.25) is 5.91 Å². The summed E-state index contributed by atoms with van der Waals surface area (Å²) in [6.07, 6.45) is -2.07. The number of carbonyl (C=O) groups excluding carboxylic acids is 3. The molecule has 0 bridgehead atoms. The smallest absolute Gasteiger partial charge is 0.407 e. The molecular formula is C33H33N7O6. The zero-order valence-electron chi connectivity index (χ0n) is 25.7. The topological polar surface area (TPSA) is 170 Å². The van der Waals surface area contributed by atoms with Gasteiger partial charge in [0.1, 0.15) is 30.0 Å². The molecule has 13 heteroatoms. The third-order valence-corrected chi connectivity index (χ3v) is 7.95. The molecule has 1 aromatic heterocycles. The summed E-state index contributed by atoms with van der Waals surface area (Å²) in [7, 11) is 1.27. The van der Waals surface area contributed by atoms with Crippen molar-refractivity contribution in [2.45, 2.75) is 45.5 Å². The number of nitrogens with zero attached hydrogens (tertiary/aromatic N) is 5. The van der Waals surface area contributed by atoms with E-state index in [1.165, 1.54) is 24.9 Å². The van der Waals surface area contributed by atoms with Crippen LogP contribution in [0.4, 0.5) is 10.5 Å². The molecule has 0 radical (unpaired) electrons. The number of carbonyl (C=O) groups is 4. The average Bonchev–Trinajstić information content (AvgIpc) is 3.38. The Labute approximate surface area is 265 Å². The zero-order chi connectivity index (χ0) is 33.1. The molecule has 0 spiro atoms. The van der Waals surface area contributed by atoms with Gasteiger partial charge in [0, 0.05) is 24.5 Å². The molecule has 1 unspecified atom stereocenters. The van der Waals surface area contributed by atoms with Gasteiger partial charge in [-0.3, -0.25) is 19.3 Å². The van der Waals surface area contributed by atoms with Crippen LogP contribution in [0.1, 0.15) is 42.4 Å². The lowest BCUT2D eigenvalue weighted by molar-refractivity contribution is -0.131. The van der Waals surface area contributed by atoms with E-state index < -0.39 is 36.1 Å². The molecule has 46 heavy (non-hydrogen) atoms. The van der Waals surface area contributed by atoms with Crippen LogP contribution in [-0.2, 0) is 16.1 Å². The molecule has 4 aromatic rings. The fraction of sp³-hybridized carbons (Fsp3) is 0.273. The van der Waals surface area contributed by atoms with Crippen LogP contribution in [0, 0.1) is 11.3 Å². The molecular weight excluding hydrogens is 590 g/mol. The number of ether oxygens (including phenoxy) is 1. The minimum absolute atomic E-state index is 0.0186. The van der Waals surface area contributed by atoms with Gasteiger partial charge in [-0.15, -0.1) is 0 Å². The average molecular weight is 624 g/mol. The molecule has 0 fully saturated rings. The predicted molar refractivity (Wildman–Crippen MR) is 169 cm³/mol. The minimum Gasteiger partial charge on any atom is -0.486 e. The largest absolute Gasteiger partial charge is 0.486 e. The van der Waals surface area contributed by atoms with Crippen molar-refractivity contribution < 1.29 is 29.0 Å². The second-order valence-electron chi connectivity index (χ2n) is 10.8. The zero-order valence-corrected chi connectivity index (χ0v) is 25.7. The fourth-order valence-electron chi connectivity index (χ4n) is 5.29. The number of anilines is 1. The molecule has 1 aliphatic rings. The van der Waals surface area contributed by atoms with Gasteiger partial charge in [0.05, 0.1) is 34.7 Å². The Balaban J connectivity index is 1.56. The van der Waals surface area contributed by atoms with Crippen LogP contribution in [0.5, 0.6) is 5.75 Å². The van der Waals surface area contributed by atoms with Gasteiger partial charge in [-0.25, -0.2) is 9.48 Å². The maximum atomic E-state index is 14.2. The lowest BCUT2D eigenvalue weighted by Gasteiger charge is -2.28. The summed E-state index contributed by atoms with van der Waals surface area (Å²) in [4.78, 5) is 53.5. The summed E-state index contributed by atoms with van der Waals surface area (Å²) in [5, 5.41) is 30.4. The lowest BCUT2D eigenvalue weighted by atomic mass is 10.1. The van der Waals surface area contributed by atoms with E-state index in [0.717, 1.165) is 10.3 Å². The number of benzene rings is 3. The fourth-order valence-corrected chi connectivity index (χ4v) is 5.29. The van der Waals surface area contributed by atoms with Gasteiger partial charge in [0.25, 0.3) is 11.8 Å². The molecule has 0 saturated heterocycles. The number of rotatable bonds is 8. The molecule has 13 nitrogen and oxygen atoms in total. The number of aromatic nitrogens is 2. The van der Waals surface area contributed by atoms with Crippen LogP contribution in [0.2, 0.25) is 0 Å². The molecule has 0 aliphatic carbocycles. The highest BCUT2D eigenvalue weighted by molar-refractivity contribution is 6.02. The van der Waals surface area contributed by atoms with Crippen LogP contribution in [0.15, 0.2) is 66.7 Å². The maximum Gasteiger partial charge on any atom is 0.407 e. The molecule has 236 valence electrons. The van der Waals surface area contributed by atoms with E-state index in [9.17, 15) is 29.5 Å². The first kappa shape index (κ1) is 31.5. The van der Waals surface area contributed by atoms with Gasteiger partial charge >= 0.3 is 6.09 Å². The quantitative estimate of drug-likeness (QED) is 0.268. The maximum absolute atomic E-state index is 14.2. The van der Waals surface area contributed by atoms with E-state index in [1.807, 2.05) is 31.2 Å². The van der Waals surface area contributed by atoms with Crippen molar-refractivity contribution in [3.63, 3.8) is 0 Å². The van der Waals surface area contributed by atoms with Crippen molar-refractivity contribution in [3.8, 4) is 17.5 Å². The van der Waals surface area contributed by atoms with E-state index in [-0.39, 0.29) is 18.0 Å². The van der Waals surface area contributed by atoms with Crippen LogP contribution >= 0.6 is 0 Å². The highest BCUT2D eigenvalue weighted by atomic mass is 16.5. The van der Waals surface area contributed by atoms with Crippen molar-refractivity contribution in [3.05, 3.63) is 83.6 Å². The number of para-hydroxylation sites is 3. The van der Waals surface area contributed by atoms with E-state index >= 15 is 0 Å². The Kier molecular flexibility index (Phi) is 8.90. The first-order valence-electron chi connectivity index (χ1n) is 14.7. The van der Waals surface area contributed by atoms with E-state index in [0.29, 0.717) is 40.4 Å². The molecule has 3 aromatic carbocycles. The van der Waals surface area contributed by atoms with Crippen molar-refractivity contribution in [2.24, 2.45) is 0 Å².